The van der Waals surface area contributed by atoms with Crippen molar-refractivity contribution in [3.8, 4) is 11.5 Å². The first kappa shape index (κ1) is 26.3. The van der Waals surface area contributed by atoms with Crippen molar-refractivity contribution in [3.63, 3.8) is 0 Å². The molecule has 10 heteroatoms. The first-order chi connectivity index (χ1) is 16.6. The molecule has 2 amide bonds. The van der Waals surface area contributed by atoms with E-state index in [0.29, 0.717) is 24.5 Å². The lowest BCUT2D eigenvalue weighted by atomic mass is 10.1. The third kappa shape index (κ3) is 6.88. The highest BCUT2D eigenvalue weighted by atomic mass is 32.2. The molecule has 0 bridgehead atoms. The second kappa shape index (κ2) is 11.4. The second-order valence-electron chi connectivity index (χ2n) is 8.88. The number of ether oxygens (including phenoxy) is 2. The molecule has 0 spiro atoms. The smallest absolute Gasteiger partial charge is 0.244 e. The van der Waals surface area contributed by atoms with E-state index in [-0.39, 0.29) is 30.9 Å². The van der Waals surface area contributed by atoms with E-state index in [4.69, 9.17) is 9.47 Å². The maximum absolute atomic E-state index is 13.6. The van der Waals surface area contributed by atoms with Crippen molar-refractivity contribution in [3.05, 3.63) is 54.1 Å². The molecule has 1 unspecified atom stereocenters. The Labute approximate surface area is 207 Å². The number of nitrogens with one attached hydrogen (secondary N) is 1. The van der Waals surface area contributed by atoms with Gasteiger partial charge < -0.3 is 19.7 Å². The maximum Gasteiger partial charge on any atom is 0.244 e. The molecule has 190 valence electrons. The molecule has 0 aliphatic carbocycles. The standard InChI is InChI=1S/C25H33N3O6S/c1-5-21(25(30)26-14-18(2)3)27(15-19-9-7-6-8-10-19)24(29)16-28(35(4,31)32)20-11-12-22-23(13-20)34-17-33-22/h6-13,18,21H,5,14-17H2,1-4H3,(H,26,30). The molecule has 0 radical (unpaired) electrons. The Morgan fingerprint density at radius 3 is 2.37 bits per heavy atom. The number of carbonyl (C=O) groups is 2. The van der Waals surface area contributed by atoms with Crippen LogP contribution in [-0.2, 0) is 26.2 Å². The summed E-state index contributed by atoms with van der Waals surface area (Å²) in [5, 5.41) is 2.90. The average Bonchev–Trinajstić information content (AvgIpc) is 3.28. The van der Waals surface area contributed by atoms with Gasteiger partial charge in [-0.3, -0.25) is 13.9 Å². The Morgan fingerprint density at radius 1 is 1.06 bits per heavy atom. The van der Waals surface area contributed by atoms with Gasteiger partial charge in [-0.25, -0.2) is 8.42 Å². The predicted molar refractivity (Wildman–Crippen MR) is 134 cm³/mol. The summed E-state index contributed by atoms with van der Waals surface area (Å²) >= 11 is 0. The van der Waals surface area contributed by atoms with Crippen LogP contribution in [0.2, 0.25) is 0 Å². The Balaban J connectivity index is 1.91. The van der Waals surface area contributed by atoms with E-state index in [0.717, 1.165) is 16.1 Å². The lowest BCUT2D eigenvalue weighted by Crippen LogP contribution is -2.52. The summed E-state index contributed by atoms with van der Waals surface area (Å²) in [7, 11) is -3.82. The zero-order valence-electron chi connectivity index (χ0n) is 20.6. The molecule has 1 heterocycles. The highest BCUT2D eigenvalue weighted by molar-refractivity contribution is 7.92. The molecule has 9 nitrogen and oxygen atoms in total. The molecular formula is C25H33N3O6S. The Kier molecular flexibility index (Phi) is 8.61. The normalized spacial score (nSPS) is 13.4. The van der Waals surface area contributed by atoms with Crippen LogP contribution in [0.15, 0.2) is 48.5 Å². The lowest BCUT2D eigenvalue weighted by Gasteiger charge is -2.33. The SMILES string of the molecule is CCC(C(=O)NCC(C)C)N(Cc1ccccc1)C(=O)CN(c1ccc2c(c1)OCO2)S(C)(=O)=O. The third-order valence-electron chi connectivity index (χ3n) is 5.59. The minimum absolute atomic E-state index is 0.0467. The summed E-state index contributed by atoms with van der Waals surface area (Å²) in [6.07, 6.45) is 1.42. The van der Waals surface area contributed by atoms with Gasteiger partial charge >= 0.3 is 0 Å². The van der Waals surface area contributed by atoms with Gasteiger partial charge in [0.15, 0.2) is 11.5 Å². The van der Waals surface area contributed by atoms with E-state index in [1.165, 1.54) is 11.0 Å². The molecule has 1 aliphatic rings. The first-order valence-electron chi connectivity index (χ1n) is 11.6. The molecule has 0 aromatic heterocycles. The molecular weight excluding hydrogens is 470 g/mol. The molecule has 1 aliphatic heterocycles. The molecule has 3 rings (SSSR count). The molecule has 1 atom stereocenters. The molecule has 35 heavy (non-hydrogen) atoms. The number of amides is 2. The average molecular weight is 504 g/mol. The van der Waals surface area contributed by atoms with E-state index in [1.807, 2.05) is 51.1 Å². The fourth-order valence-electron chi connectivity index (χ4n) is 3.78. The van der Waals surface area contributed by atoms with E-state index in [2.05, 4.69) is 5.32 Å². The maximum atomic E-state index is 13.6. The van der Waals surface area contributed by atoms with Crippen LogP contribution in [-0.4, -0.2) is 57.3 Å². The van der Waals surface area contributed by atoms with Crippen LogP contribution in [0, 0.1) is 5.92 Å². The van der Waals surface area contributed by atoms with Gasteiger partial charge in [0.1, 0.15) is 12.6 Å². The zero-order valence-corrected chi connectivity index (χ0v) is 21.4. The van der Waals surface area contributed by atoms with Gasteiger partial charge in [0.25, 0.3) is 0 Å². The van der Waals surface area contributed by atoms with Crippen LogP contribution < -0.4 is 19.1 Å². The fraction of sp³-hybridized carbons (Fsp3) is 0.440. The van der Waals surface area contributed by atoms with Crippen LogP contribution in [0.1, 0.15) is 32.8 Å². The minimum atomic E-state index is -3.82. The Hall–Kier alpha value is -3.27. The number of sulfonamides is 1. The van der Waals surface area contributed by atoms with Crippen molar-refractivity contribution in [2.45, 2.75) is 39.8 Å². The largest absolute Gasteiger partial charge is 0.454 e. The number of hydrogen-bond acceptors (Lipinski definition) is 6. The van der Waals surface area contributed by atoms with Gasteiger partial charge in [-0.1, -0.05) is 51.1 Å². The molecule has 2 aromatic rings. The monoisotopic (exact) mass is 503 g/mol. The fourth-order valence-corrected chi connectivity index (χ4v) is 4.62. The minimum Gasteiger partial charge on any atom is -0.454 e. The van der Waals surface area contributed by atoms with Crippen molar-refractivity contribution < 1.29 is 27.5 Å². The molecule has 2 aromatic carbocycles. The van der Waals surface area contributed by atoms with E-state index in [9.17, 15) is 18.0 Å². The number of hydrogen-bond donors (Lipinski definition) is 1. The van der Waals surface area contributed by atoms with Crippen LogP contribution in [0.4, 0.5) is 5.69 Å². The highest BCUT2D eigenvalue weighted by Crippen LogP contribution is 2.36. The van der Waals surface area contributed by atoms with Crippen molar-refractivity contribution >= 4 is 27.5 Å². The van der Waals surface area contributed by atoms with Crippen LogP contribution in [0.3, 0.4) is 0 Å². The van der Waals surface area contributed by atoms with Gasteiger partial charge in [0.05, 0.1) is 11.9 Å². The van der Waals surface area contributed by atoms with Crippen molar-refractivity contribution in [1.82, 2.24) is 10.2 Å². The number of fused-ring (bicyclic) bond motifs is 1. The van der Waals surface area contributed by atoms with E-state index < -0.39 is 28.5 Å². The number of rotatable bonds is 11. The van der Waals surface area contributed by atoms with Crippen molar-refractivity contribution in [2.24, 2.45) is 5.92 Å². The Morgan fingerprint density at radius 2 is 1.74 bits per heavy atom. The zero-order chi connectivity index (χ0) is 25.6. The van der Waals surface area contributed by atoms with E-state index >= 15 is 0 Å². The number of nitrogens with zero attached hydrogens (tertiary/aromatic N) is 2. The summed E-state index contributed by atoms with van der Waals surface area (Å²) in [5.74, 6) is 0.417. The summed E-state index contributed by atoms with van der Waals surface area (Å²) in [6.45, 7) is 6.05. The topological polar surface area (TPSA) is 105 Å². The summed E-state index contributed by atoms with van der Waals surface area (Å²) in [6, 6.07) is 13.3. The third-order valence-corrected chi connectivity index (χ3v) is 6.73. The molecule has 0 saturated carbocycles. The van der Waals surface area contributed by atoms with Crippen LogP contribution >= 0.6 is 0 Å². The van der Waals surface area contributed by atoms with Gasteiger partial charge in [-0.2, -0.15) is 0 Å². The van der Waals surface area contributed by atoms with Crippen molar-refractivity contribution in [1.29, 1.82) is 0 Å². The van der Waals surface area contributed by atoms with E-state index in [1.54, 1.807) is 12.1 Å². The van der Waals surface area contributed by atoms with Gasteiger partial charge in [0.2, 0.25) is 28.6 Å². The molecule has 0 saturated heterocycles. The lowest BCUT2D eigenvalue weighted by molar-refractivity contribution is -0.140. The summed E-state index contributed by atoms with van der Waals surface area (Å²) in [5.41, 5.74) is 1.12. The number of benzene rings is 2. The van der Waals surface area contributed by atoms with Crippen LogP contribution in [0.5, 0.6) is 11.5 Å². The van der Waals surface area contributed by atoms with Gasteiger partial charge in [0, 0.05) is 19.2 Å². The Bertz CT molecular complexity index is 1140. The quantitative estimate of drug-likeness (QED) is 0.506. The first-order valence-corrected chi connectivity index (χ1v) is 13.4. The molecule has 1 N–H and O–H groups in total. The number of carbonyl (C=O) groups excluding carboxylic acids is 2. The van der Waals surface area contributed by atoms with Gasteiger partial charge in [-0.15, -0.1) is 0 Å². The van der Waals surface area contributed by atoms with Gasteiger partial charge in [-0.05, 0) is 30.0 Å². The summed E-state index contributed by atoms with van der Waals surface area (Å²) < 4.78 is 37.1. The number of anilines is 1. The van der Waals surface area contributed by atoms with Crippen LogP contribution in [0.25, 0.3) is 0 Å². The summed E-state index contributed by atoms with van der Waals surface area (Å²) in [4.78, 5) is 28.1. The van der Waals surface area contributed by atoms with Crippen molar-refractivity contribution in [2.75, 3.05) is 30.4 Å². The highest BCUT2D eigenvalue weighted by Gasteiger charge is 2.32. The predicted octanol–water partition coefficient (Wildman–Crippen LogP) is 2.76. The second-order valence-corrected chi connectivity index (χ2v) is 10.8. The molecule has 0 fully saturated rings.